The first-order chi connectivity index (χ1) is 9.01. The van der Waals surface area contributed by atoms with E-state index in [1.807, 2.05) is 0 Å². The third-order valence-electron chi connectivity index (χ3n) is 2.64. The van der Waals surface area contributed by atoms with E-state index in [0.717, 1.165) is 4.31 Å². The van der Waals surface area contributed by atoms with Gasteiger partial charge in [-0.2, -0.15) is 4.31 Å². The van der Waals surface area contributed by atoms with Crippen LogP contribution in [0.4, 0.5) is 16.2 Å². The molecule has 0 aliphatic carbocycles. The number of nitrogens with one attached hydrogen (secondary N) is 1. The van der Waals surface area contributed by atoms with Crippen LogP contribution in [0.3, 0.4) is 0 Å². The Kier molecular flexibility index (Phi) is 2.88. The molecule has 1 aromatic heterocycles. The minimum absolute atomic E-state index is 0.118. The molecule has 5 nitrogen and oxygen atoms in total. The Hall–Kier alpha value is -1.38. The lowest BCUT2D eigenvalue weighted by Crippen LogP contribution is -2.43. The van der Waals surface area contributed by atoms with Crippen molar-refractivity contribution in [3.63, 3.8) is 0 Å². The molecule has 0 radical (unpaired) electrons. The van der Waals surface area contributed by atoms with E-state index in [9.17, 15) is 13.2 Å². The molecule has 1 aliphatic heterocycles. The van der Waals surface area contributed by atoms with Crippen molar-refractivity contribution in [3.8, 4) is 0 Å². The Morgan fingerprint density at radius 3 is 2.68 bits per heavy atom. The molecular weight excluding hydrogens is 352 g/mol. The first-order valence-electron chi connectivity index (χ1n) is 5.19. The van der Waals surface area contributed by atoms with E-state index < -0.39 is 16.1 Å². The fourth-order valence-corrected chi connectivity index (χ4v) is 5.02. The van der Waals surface area contributed by atoms with Crippen LogP contribution in [0, 0.1) is 0 Å². The summed E-state index contributed by atoms with van der Waals surface area (Å²) in [6, 6.07) is 5.99. The summed E-state index contributed by atoms with van der Waals surface area (Å²) in [6.07, 6.45) is 0. The number of hydrogen-bond acceptors (Lipinski definition) is 4. The summed E-state index contributed by atoms with van der Waals surface area (Å²) < 4.78 is 26.3. The van der Waals surface area contributed by atoms with Gasteiger partial charge in [-0.15, -0.1) is 11.3 Å². The van der Waals surface area contributed by atoms with Gasteiger partial charge in [0.25, 0.3) is 10.0 Å². The number of nitrogens with zero attached hydrogens (tertiary/aromatic N) is 1. The average molecular weight is 359 g/mol. The van der Waals surface area contributed by atoms with Crippen molar-refractivity contribution < 1.29 is 13.2 Å². The number of halogens is 1. The van der Waals surface area contributed by atoms with Gasteiger partial charge in [-0.3, -0.25) is 0 Å². The van der Waals surface area contributed by atoms with Crippen LogP contribution in [0.15, 0.2) is 44.4 Å². The van der Waals surface area contributed by atoms with Crippen LogP contribution in [0.1, 0.15) is 0 Å². The van der Waals surface area contributed by atoms with Gasteiger partial charge >= 0.3 is 6.03 Å². The molecule has 98 valence electrons. The van der Waals surface area contributed by atoms with E-state index in [1.165, 1.54) is 16.7 Å². The van der Waals surface area contributed by atoms with E-state index in [2.05, 4.69) is 21.2 Å². The number of fused-ring (bicyclic) bond motifs is 1. The number of hydrogen-bond donors (Lipinski definition) is 1. The molecule has 8 heteroatoms. The van der Waals surface area contributed by atoms with Gasteiger partial charge in [0, 0.05) is 15.2 Å². The SMILES string of the molecule is O=C1Nc2cscc2S(=O)(=O)N1c1ccccc1Br. The highest BCUT2D eigenvalue weighted by molar-refractivity contribution is 9.10. The first kappa shape index (κ1) is 12.6. The number of sulfonamides is 1. The second-order valence-electron chi connectivity index (χ2n) is 3.80. The predicted molar refractivity (Wildman–Crippen MR) is 77.1 cm³/mol. The lowest BCUT2D eigenvalue weighted by Gasteiger charge is -2.27. The standard InChI is InChI=1S/C11H7BrN2O3S2/c12-7-3-1-2-4-9(7)14-11(15)13-8-5-18-6-10(8)19(14,16)17/h1-6H,(H,13,15). The zero-order chi connectivity index (χ0) is 13.6. The average Bonchev–Trinajstić information content (AvgIpc) is 2.80. The summed E-state index contributed by atoms with van der Waals surface area (Å²) in [5.74, 6) is 0. The summed E-state index contributed by atoms with van der Waals surface area (Å²) >= 11 is 4.49. The molecule has 1 N–H and O–H groups in total. The van der Waals surface area contributed by atoms with Gasteiger partial charge < -0.3 is 5.32 Å². The van der Waals surface area contributed by atoms with Crippen LogP contribution in [0.2, 0.25) is 0 Å². The Morgan fingerprint density at radius 1 is 1.21 bits per heavy atom. The minimum atomic E-state index is -3.86. The number of benzene rings is 1. The molecule has 0 saturated heterocycles. The lowest BCUT2D eigenvalue weighted by molar-refractivity contribution is 0.259. The number of anilines is 2. The highest BCUT2D eigenvalue weighted by Crippen LogP contribution is 2.38. The predicted octanol–water partition coefficient (Wildman–Crippen LogP) is 3.25. The molecule has 0 saturated carbocycles. The van der Waals surface area contributed by atoms with Crippen molar-refractivity contribution in [2.24, 2.45) is 0 Å². The quantitative estimate of drug-likeness (QED) is 0.850. The van der Waals surface area contributed by atoms with Gasteiger partial charge in [-0.25, -0.2) is 13.2 Å². The number of urea groups is 1. The van der Waals surface area contributed by atoms with Gasteiger partial charge in [0.15, 0.2) is 0 Å². The maximum atomic E-state index is 12.5. The summed E-state index contributed by atoms with van der Waals surface area (Å²) in [5.41, 5.74) is 0.621. The van der Waals surface area contributed by atoms with E-state index in [1.54, 1.807) is 29.6 Å². The third kappa shape index (κ3) is 1.87. The summed E-state index contributed by atoms with van der Waals surface area (Å²) in [6.45, 7) is 0. The Labute approximate surface area is 122 Å². The summed E-state index contributed by atoms with van der Waals surface area (Å²) in [5, 5.41) is 5.68. The molecule has 3 rings (SSSR count). The largest absolute Gasteiger partial charge is 0.340 e. The van der Waals surface area contributed by atoms with Crippen LogP contribution in [0.5, 0.6) is 0 Å². The number of carbonyl (C=O) groups is 1. The molecule has 2 heterocycles. The zero-order valence-electron chi connectivity index (χ0n) is 9.33. The van der Waals surface area contributed by atoms with Gasteiger partial charge in [-0.1, -0.05) is 12.1 Å². The highest BCUT2D eigenvalue weighted by Gasteiger charge is 2.39. The smallest absolute Gasteiger partial charge is 0.305 e. The van der Waals surface area contributed by atoms with Gasteiger partial charge in [0.05, 0.1) is 11.4 Å². The molecule has 0 atom stereocenters. The molecule has 0 bridgehead atoms. The lowest BCUT2D eigenvalue weighted by atomic mass is 10.3. The van der Waals surface area contributed by atoms with Gasteiger partial charge in [-0.05, 0) is 28.1 Å². The molecule has 0 fully saturated rings. The fourth-order valence-electron chi connectivity index (χ4n) is 1.81. The number of amides is 2. The van der Waals surface area contributed by atoms with Crippen LogP contribution >= 0.6 is 27.3 Å². The molecular formula is C11H7BrN2O3S2. The molecule has 1 aliphatic rings. The van der Waals surface area contributed by atoms with Gasteiger partial charge in [0.1, 0.15) is 4.90 Å². The molecule has 19 heavy (non-hydrogen) atoms. The van der Waals surface area contributed by atoms with Crippen molar-refractivity contribution in [3.05, 3.63) is 39.5 Å². The van der Waals surface area contributed by atoms with Crippen molar-refractivity contribution in [1.29, 1.82) is 0 Å². The van der Waals surface area contributed by atoms with Gasteiger partial charge in [0.2, 0.25) is 0 Å². The monoisotopic (exact) mass is 358 g/mol. The maximum Gasteiger partial charge on any atom is 0.340 e. The second-order valence-corrected chi connectivity index (χ2v) is 7.15. The summed E-state index contributed by atoms with van der Waals surface area (Å²) in [7, 11) is -3.86. The van der Waals surface area contributed by atoms with Crippen molar-refractivity contribution in [2.45, 2.75) is 4.90 Å². The Bertz CT molecular complexity index is 770. The van der Waals surface area contributed by atoms with Crippen LogP contribution < -0.4 is 9.62 Å². The highest BCUT2D eigenvalue weighted by atomic mass is 79.9. The number of rotatable bonds is 1. The number of para-hydroxylation sites is 1. The molecule has 0 unspecified atom stereocenters. The van der Waals surface area contributed by atoms with E-state index in [0.29, 0.717) is 10.2 Å². The summed E-state index contributed by atoms with van der Waals surface area (Å²) in [4.78, 5) is 12.2. The van der Waals surface area contributed by atoms with E-state index in [-0.39, 0.29) is 10.6 Å². The van der Waals surface area contributed by atoms with Crippen molar-refractivity contribution in [1.82, 2.24) is 0 Å². The normalized spacial score (nSPS) is 16.9. The minimum Gasteiger partial charge on any atom is -0.305 e. The van der Waals surface area contributed by atoms with Crippen LogP contribution in [0.25, 0.3) is 0 Å². The molecule has 0 spiro atoms. The van der Waals surface area contributed by atoms with E-state index >= 15 is 0 Å². The van der Waals surface area contributed by atoms with Crippen LogP contribution in [-0.4, -0.2) is 14.4 Å². The second kappa shape index (κ2) is 4.32. The number of thiophene rings is 1. The van der Waals surface area contributed by atoms with Crippen LogP contribution in [-0.2, 0) is 10.0 Å². The zero-order valence-corrected chi connectivity index (χ0v) is 12.5. The van der Waals surface area contributed by atoms with Crippen molar-refractivity contribution in [2.75, 3.05) is 9.62 Å². The Morgan fingerprint density at radius 2 is 1.95 bits per heavy atom. The van der Waals surface area contributed by atoms with E-state index in [4.69, 9.17) is 0 Å². The molecule has 1 aromatic carbocycles. The molecule has 2 aromatic rings. The Balaban J connectivity index is 2.24. The number of carbonyl (C=O) groups excluding carboxylic acids is 1. The molecule has 2 amide bonds. The fraction of sp³-hybridized carbons (Fsp3) is 0. The van der Waals surface area contributed by atoms with Crippen molar-refractivity contribution >= 4 is 54.7 Å². The topological polar surface area (TPSA) is 66.5 Å². The maximum absolute atomic E-state index is 12.5. The third-order valence-corrected chi connectivity index (χ3v) is 5.94. The first-order valence-corrected chi connectivity index (χ1v) is 8.36.